The van der Waals surface area contributed by atoms with Crippen molar-refractivity contribution < 1.29 is 28.6 Å². The lowest BCUT2D eigenvalue weighted by Crippen LogP contribution is -2.66. The molecule has 1 amide bonds. The minimum absolute atomic E-state index is 0.0182. The summed E-state index contributed by atoms with van der Waals surface area (Å²) in [6, 6.07) is 0. The van der Waals surface area contributed by atoms with Gasteiger partial charge in [0.2, 0.25) is 0 Å². The molecule has 49 heavy (non-hydrogen) atoms. The number of carboxylic acid groups (broad SMARTS) is 1. The second-order valence-corrected chi connectivity index (χ2v) is 19.6. The van der Waals surface area contributed by atoms with Crippen LogP contribution in [0.15, 0.2) is 34.4 Å². The van der Waals surface area contributed by atoms with E-state index in [9.17, 15) is 23.9 Å². The fraction of sp³-hybridized carbons (Fsp3) is 0.786. The van der Waals surface area contributed by atoms with E-state index >= 15 is 0 Å². The van der Waals surface area contributed by atoms with E-state index in [2.05, 4.69) is 59.9 Å². The van der Waals surface area contributed by atoms with E-state index < -0.39 is 35.3 Å². The maximum absolute atomic E-state index is 13.9. The van der Waals surface area contributed by atoms with Crippen LogP contribution in [0.2, 0.25) is 0 Å². The Kier molecular flexibility index (Phi) is 8.56. The highest BCUT2D eigenvalue weighted by atomic mass is 19.1. The van der Waals surface area contributed by atoms with Crippen molar-refractivity contribution in [1.82, 2.24) is 5.32 Å². The molecule has 6 rings (SSSR count). The molecule has 2 N–H and O–H groups in total. The molecule has 0 radical (unpaired) electrons. The molecule has 6 aliphatic carbocycles. The summed E-state index contributed by atoms with van der Waals surface area (Å²) < 4.78 is 19.7. The number of rotatable bonds is 5. The fourth-order valence-electron chi connectivity index (χ4n) is 12.9. The zero-order chi connectivity index (χ0) is 36.2. The Labute approximate surface area is 294 Å². The number of Topliss-reactive ketones (excluding diaryl/α,β-unsaturated/α-hetero) is 1. The maximum Gasteiger partial charge on any atom is 0.408 e. The first-order chi connectivity index (χ1) is 22.6. The van der Waals surface area contributed by atoms with Crippen LogP contribution in [0.5, 0.6) is 0 Å². The molecular weight excluding hydrogens is 617 g/mol. The van der Waals surface area contributed by atoms with Crippen LogP contribution in [0.25, 0.3) is 0 Å². The Morgan fingerprint density at radius 1 is 0.959 bits per heavy atom. The van der Waals surface area contributed by atoms with Crippen molar-refractivity contribution in [1.29, 1.82) is 0 Å². The molecule has 272 valence electrons. The lowest BCUT2D eigenvalue weighted by molar-refractivity contribution is -0.196. The van der Waals surface area contributed by atoms with Gasteiger partial charge in [-0.15, -0.1) is 0 Å². The molecule has 0 spiro atoms. The van der Waals surface area contributed by atoms with Crippen molar-refractivity contribution in [2.75, 3.05) is 6.67 Å². The minimum atomic E-state index is -1.28. The second-order valence-electron chi connectivity index (χ2n) is 19.6. The summed E-state index contributed by atoms with van der Waals surface area (Å²) in [7, 11) is 0. The number of aliphatic carboxylic acids is 1. The highest BCUT2D eigenvalue weighted by Gasteiger charge is 2.69. The lowest BCUT2D eigenvalue weighted by Gasteiger charge is -2.71. The Bertz CT molecular complexity index is 1530. The number of hydrogen-bond acceptors (Lipinski definition) is 4. The molecule has 0 aliphatic heterocycles. The van der Waals surface area contributed by atoms with E-state index in [1.54, 1.807) is 0 Å². The number of carbonyl (C=O) groups excluding carboxylic acids is 2. The number of carboxylic acids is 1. The summed E-state index contributed by atoms with van der Waals surface area (Å²) in [6.45, 7) is 21.5. The lowest BCUT2D eigenvalue weighted by atomic mass is 9.33. The summed E-state index contributed by atoms with van der Waals surface area (Å²) in [5.74, 6) is 0.458. The monoisotopic (exact) mass is 679 g/mol. The summed E-state index contributed by atoms with van der Waals surface area (Å²) >= 11 is 0. The Morgan fingerprint density at radius 3 is 2.22 bits per heavy atom. The summed E-state index contributed by atoms with van der Waals surface area (Å²) in [5.41, 5.74) is 2.20. The van der Waals surface area contributed by atoms with Crippen LogP contribution in [-0.4, -0.2) is 40.8 Å². The zero-order valence-corrected chi connectivity index (χ0v) is 31.9. The van der Waals surface area contributed by atoms with E-state index in [4.69, 9.17) is 4.74 Å². The number of allylic oxidation sites excluding steroid dienone is 5. The van der Waals surface area contributed by atoms with Gasteiger partial charge in [-0.1, -0.05) is 60.6 Å². The number of amides is 1. The SMILES string of the molecule is CC(C)C1=C2C3CCC4C5(C)CC=C(C6=CC[C@@](CF)(C(=O)O)CC6)C(C)(C)C5CCC4(C)C3(C)CCC2(NC(=O)OC(C)(C)C)CC1=O. The minimum Gasteiger partial charge on any atom is -0.481 e. The normalized spacial score (nSPS) is 41.6. The van der Waals surface area contributed by atoms with Crippen LogP contribution >= 0.6 is 0 Å². The molecule has 0 bridgehead atoms. The number of ether oxygens (including phenoxy) is 1. The Hall–Kier alpha value is -2.44. The quantitative estimate of drug-likeness (QED) is 0.302. The van der Waals surface area contributed by atoms with Gasteiger partial charge < -0.3 is 15.2 Å². The Balaban J connectivity index is 1.34. The van der Waals surface area contributed by atoms with Crippen molar-refractivity contribution >= 4 is 17.8 Å². The average Bonchev–Trinajstić information content (AvgIpc) is 3.28. The highest BCUT2D eigenvalue weighted by molar-refractivity contribution is 6.02. The van der Waals surface area contributed by atoms with Crippen molar-refractivity contribution in [2.45, 2.75) is 151 Å². The third-order valence-electron chi connectivity index (χ3n) is 15.4. The maximum atomic E-state index is 13.9. The van der Waals surface area contributed by atoms with Gasteiger partial charge in [0.15, 0.2) is 5.78 Å². The van der Waals surface area contributed by atoms with E-state index in [1.807, 2.05) is 26.8 Å². The van der Waals surface area contributed by atoms with Gasteiger partial charge in [-0.25, -0.2) is 9.18 Å². The number of ketones is 1. The number of nitrogens with one attached hydrogen (secondary N) is 1. The van der Waals surface area contributed by atoms with Crippen LogP contribution in [0.3, 0.4) is 0 Å². The van der Waals surface area contributed by atoms with Gasteiger partial charge in [0, 0.05) is 6.42 Å². The highest BCUT2D eigenvalue weighted by Crippen LogP contribution is 2.76. The Morgan fingerprint density at radius 2 is 1.65 bits per heavy atom. The van der Waals surface area contributed by atoms with Crippen molar-refractivity contribution in [2.24, 2.45) is 50.7 Å². The first-order valence-electron chi connectivity index (χ1n) is 19.1. The van der Waals surface area contributed by atoms with Crippen molar-refractivity contribution in [3.8, 4) is 0 Å². The van der Waals surface area contributed by atoms with Gasteiger partial charge in [0.05, 0.1) is 11.0 Å². The summed E-state index contributed by atoms with van der Waals surface area (Å²) in [4.78, 5) is 39.1. The molecule has 0 aromatic rings. The standard InChI is InChI=1S/C42H62FNO5/c1-25(2)32-29(45)23-42(44-35(48)49-36(3,4)5)22-21-39(9)28(33(32)42)11-12-31-38(8)17-15-27(37(6,7)30(38)16-18-40(31,39)10)26-13-19-41(24-43,20-14-26)34(46)47/h13,15,25,28,30-31H,11-12,14,16-24H2,1-10H3,(H,44,48)(H,46,47)/t28?,30?,31?,38?,39?,40?,41-,42?/m1/s1. The van der Waals surface area contributed by atoms with Gasteiger partial charge in [-0.05, 0) is 153 Å². The number of fused-ring (bicyclic) bond motifs is 7. The van der Waals surface area contributed by atoms with E-state index in [-0.39, 0.29) is 45.7 Å². The van der Waals surface area contributed by atoms with Crippen LogP contribution in [0.1, 0.15) is 140 Å². The number of hydrogen-bond donors (Lipinski definition) is 2. The summed E-state index contributed by atoms with van der Waals surface area (Å²) in [6.07, 6.45) is 12.7. The van der Waals surface area contributed by atoms with Gasteiger partial charge >= 0.3 is 12.1 Å². The smallest absolute Gasteiger partial charge is 0.408 e. The molecule has 8 atom stereocenters. The van der Waals surface area contributed by atoms with Crippen LogP contribution in [0.4, 0.5) is 9.18 Å². The largest absolute Gasteiger partial charge is 0.481 e. The van der Waals surface area contributed by atoms with Crippen LogP contribution in [-0.2, 0) is 14.3 Å². The molecule has 0 aromatic carbocycles. The number of alkyl halides is 1. The predicted octanol–water partition coefficient (Wildman–Crippen LogP) is 9.93. The molecule has 3 fully saturated rings. The van der Waals surface area contributed by atoms with Gasteiger partial charge in [-0.3, -0.25) is 9.59 Å². The molecule has 7 heteroatoms. The molecular formula is C42H62FNO5. The molecule has 6 nitrogen and oxygen atoms in total. The van der Waals surface area contributed by atoms with E-state index in [0.717, 1.165) is 50.5 Å². The molecule has 0 saturated heterocycles. The van der Waals surface area contributed by atoms with E-state index in [1.165, 1.54) is 16.7 Å². The predicted molar refractivity (Wildman–Crippen MR) is 191 cm³/mol. The first-order valence-corrected chi connectivity index (χ1v) is 19.1. The third kappa shape index (κ3) is 5.23. The molecule has 0 aromatic heterocycles. The van der Waals surface area contributed by atoms with Crippen LogP contribution in [0, 0.1) is 50.7 Å². The number of alkyl carbamates (subject to hydrolysis) is 1. The van der Waals surface area contributed by atoms with Crippen LogP contribution < -0.4 is 5.32 Å². The summed E-state index contributed by atoms with van der Waals surface area (Å²) in [5, 5.41) is 13.1. The third-order valence-corrected chi connectivity index (χ3v) is 15.4. The molecule has 7 unspecified atom stereocenters. The fourth-order valence-corrected chi connectivity index (χ4v) is 12.9. The zero-order valence-electron chi connectivity index (χ0n) is 31.9. The van der Waals surface area contributed by atoms with Crippen molar-refractivity contribution in [3.63, 3.8) is 0 Å². The molecule has 3 saturated carbocycles. The van der Waals surface area contributed by atoms with Gasteiger partial charge in [0.1, 0.15) is 12.3 Å². The average molecular weight is 680 g/mol. The van der Waals surface area contributed by atoms with E-state index in [0.29, 0.717) is 31.1 Å². The second kappa shape index (κ2) is 11.5. The molecule has 0 heterocycles. The van der Waals surface area contributed by atoms with Crippen molar-refractivity contribution in [3.05, 3.63) is 34.4 Å². The topological polar surface area (TPSA) is 92.7 Å². The van der Waals surface area contributed by atoms with Gasteiger partial charge in [-0.2, -0.15) is 0 Å². The first kappa shape index (κ1) is 36.4. The number of halogens is 1. The van der Waals surface area contributed by atoms with Gasteiger partial charge in [0.25, 0.3) is 0 Å². The number of carbonyl (C=O) groups is 3. The molecule has 6 aliphatic rings.